The van der Waals surface area contributed by atoms with Crippen LogP contribution in [-0.2, 0) is 10.2 Å². The summed E-state index contributed by atoms with van der Waals surface area (Å²) in [4.78, 5) is 16.8. The number of hydrogen-bond acceptors (Lipinski definition) is 4. The van der Waals surface area contributed by atoms with Crippen molar-refractivity contribution in [1.29, 1.82) is 0 Å². The molecule has 5 heteroatoms. The van der Waals surface area contributed by atoms with Crippen LogP contribution in [0.4, 0.5) is 5.69 Å². The number of nitrogens with zero attached hydrogens (tertiary/aromatic N) is 1. The Morgan fingerprint density at radius 1 is 1.41 bits per heavy atom. The van der Waals surface area contributed by atoms with Crippen molar-refractivity contribution in [2.24, 2.45) is 11.8 Å². The van der Waals surface area contributed by atoms with Gasteiger partial charge in [0.2, 0.25) is 11.8 Å². The molecule has 1 aromatic heterocycles. The van der Waals surface area contributed by atoms with Crippen LogP contribution in [0.25, 0.3) is 11.1 Å². The average molecular weight is 301 g/mol. The molecule has 2 N–H and O–H groups in total. The maximum atomic E-state index is 12.3. The highest BCUT2D eigenvalue weighted by molar-refractivity contribution is 5.94. The first-order chi connectivity index (χ1) is 10.3. The normalized spacial score (nSPS) is 17.3. The molecule has 0 radical (unpaired) electrons. The first-order valence-electron chi connectivity index (χ1n) is 7.77. The minimum atomic E-state index is -0.131. The molecule has 5 nitrogen and oxygen atoms in total. The summed E-state index contributed by atoms with van der Waals surface area (Å²) in [5.41, 5.74) is 2.17. The van der Waals surface area contributed by atoms with E-state index in [1.807, 2.05) is 25.1 Å². The van der Waals surface area contributed by atoms with Crippen LogP contribution in [0, 0.1) is 11.8 Å². The van der Waals surface area contributed by atoms with E-state index in [4.69, 9.17) is 4.42 Å². The van der Waals surface area contributed by atoms with Gasteiger partial charge in [-0.3, -0.25) is 4.79 Å². The number of benzene rings is 1. The Morgan fingerprint density at radius 3 is 2.73 bits per heavy atom. The van der Waals surface area contributed by atoms with Crippen LogP contribution in [0.2, 0.25) is 0 Å². The van der Waals surface area contributed by atoms with Crippen molar-refractivity contribution in [3.05, 3.63) is 24.1 Å². The SMILES string of the molecule is CC(C(=O)Nc1ccc2oc(C(C)(C)C)nc2c1)C1CNC1. The van der Waals surface area contributed by atoms with Gasteiger partial charge in [-0.25, -0.2) is 4.98 Å². The lowest BCUT2D eigenvalue weighted by Gasteiger charge is -2.31. The van der Waals surface area contributed by atoms with E-state index in [0.29, 0.717) is 11.8 Å². The van der Waals surface area contributed by atoms with E-state index in [2.05, 4.69) is 36.4 Å². The van der Waals surface area contributed by atoms with Gasteiger partial charge in [0.25, 0.3) is 0 Å². The zero-order valence-electron chi connectivity index (χ0n) is 13.6. The summed E-state index contributed by atoms with van der Waals surface area (Å²) in [6.07, 6.45) is 0. The topological polar surface area (TPSA) is 67.2 Å². The van der Waals surface area contributed by atoms with E-state index in [-0.39, 0.29) is 17.2 Å². The van der Waals surface area contributed by atoms with Crippen LogP contribution >= 0.6 is 0 Å². The fourth-order valence-electron chi connectivity index (χ4n) is 2.46. The van der Waals surface area contributed by atoms with Crippen LogP contribution in [-0.4, -0.2) is 24.0 Å². The van der Waals surface area contributed by atoms with E-state index >= 15 is 0 Å². The molecular formula is C17H23N3O2. The van der Waals surface area contributed by atoms with Crippen molar-refractivity contribution in [3.63, 3.8) is 0 Å². The minimum Gasteiger partial charge on any atom is -0.440 e. The number of oxazole rings is 1. The molecule has 2 aromatic rings. The second-order valence-electron chi connectivity index (χ2n) is 7.15. The number of rotatable bonds is 3. The highest BCUT2D eigenvalue weighted by Crippen LogP contribution is 2.27. The maximum Gasteiger partial charge on any atom is 0.227 e. The second kappa shape index (κ2) is 5.39. The molecule has 0 bridgehead atoms. The first-order valence-corrected chi connectivity index (χ1v) is 7.77. The van der Waals surface area contributed by atoms with Crippen molar-refractivity contribution in [3.8, 4) is 0 Å². The minimum absolute atomic E-state index is 0.0133. The van der Waals surface area contributed by atoms with Gasteiger partial charge >= 0.3 is 0 Å². The number of fused-ring (bicyclic) bond motifs is 1. The molecule has 1 aromatic carbocycles. The van der Waals surface area contributed by atoms with Gasteiger partial charge in [-0.05, 0) is 37.2 Å². The Hall–Kier alpha value is -1.88. The first kappa shape index (κ1) is 15.0. The summed E-state index contributed by atoms with van der Waals surface area (Å²) in [6.45, 7) is 10.0. The Kier molecular flexibility index (Phi) is 3.68. The molecule has 1 saturated heterocycles. The predicted molar refractivity (Wildman–Crippen MR) is 86.9 cm³/mol. The standard InChI is InChI=1S/C17H23N3O2/c1-10(11-8-18-9-11)15(21)19-12-5-6-14-13(7-12)20-16(22-14)17(2,3)4/h5-7,10-11,18H,8-9H2,1-4H3,(H,19,21). The highest BCUT2D eigenvalue weighted by Gasteiger charge is 2.28. The largest absolute Gasteiger partial charge is 0.440 e. The number of nitrogens with one attached hydrogen (secondary N) is 2. The molecule has 22 heavy (non-hydrogen) atoms. The summed E-state index contributed by atoms with van der Waals surface area (Å²) >= 11 is 0. The quantitative estimate of drug-likeness (QED) is 0.914. The summed E-state index contributed by atoms with van der Waals surface area (Å²) in [6, 6.07) is 5.60. The molecule has 2 heterocycles. The van der Waals surface area contributed by atoms with Crippen LogP contribution in [0.1, 0.15) is 33.6 Å². The van der Waals surface area contributed by atoms with Gasteiger partial charge in [0.1, 0.15) is 5.52 Å². The third kappa shape index (κ3) is 2.86. The molecule has 3 rings (SSSR count). The molecule has 0 aliphatic carbocycles. The van der Waals surface area contributed by atoms with Crippen molar-refractivity contribution < 1.29 is 9.21 Å². The Labute approximate surface area is 130 Å². The van der Waals surface area contributed by atoms with E-state index < -0.39 is 0 Å². The van der Waals surface area contributed by atoms with Crippen LogP contribution in [0.3, 0.4) is 0 Å². The number of carbonyl (C=O) groups excluding carboxylic acids is 1. The molecular weight excluding hydrogens is 278 g/mol. The van der Waals surface area contributed by atoms with Gasteiger partial charge in [0.15, 0.2) is 5.58 Å². The molecule has 0 spiro atoms. The second-order valence-corrected chi connectivity index (χ2v) is 7.15. The lowest BCUT2D eigenvalue weighted by molar-refractivity contribution is -0.121. The van der Waals surface area contributed by atoms with Gasteiger partial charge in [0.05, 0.1) is 0 Å². The van der Waals surface area contributed by atoms with Crippen LogP contribution < -0.4 is 10.6 Å². The number of carbonyl (C=O) groups is 1. The van der Waals surface area contributed by atoms with Crippen LogP contribution in [0.15, 0.2) is 22.6 Å². The van der Waals surface area contributed by atoms with Gasteiger partial charge in [-0.15, -0.1) is 0 Å². The maximum absolute atomic E-state index is 12.3. The molecule has 1 aliphatic heterocycles. The monoisotopic (exact) mass is 301 g/mol. The lowest BCUT2D eigenvalue weighted by atomic mass is 9.88. The smallest absolute Gasteiger partial charge is 0.227 e. The van der Waals surface area contributed by atoms with Gasteiger partial charge < -0.3 is 15.1 Å². The third-order valence-electron chi connectivity index (χ3n) is 4.23. The molecule has 1 aliphatic rings. The number of amides is 1. The number of hydrogen-bond donors (Lipinski definition) is 2. The molecule has 1 atom stereocenters. The Morgan fingerprint density at radius 2 is 2.14 bits per heavy atom. The summed E-state index contributed by atoms with van der Waals surface area (Å²) in [5.74, 6) is 1.22. The Balaban J connectivity index is 1.78. The van der Waals surface area contributed by atoms with Gasteiger partial charge in [0, 0.05) is 17.0 Å². The molecule has 0 saturated carbocycles. The molecule has 1 amide bonds. The van der Waals surface area contributed by atoms with Crippen molar-refractivity contribution in [1.82, 2.24) is 10.3 Å². The summed E-state index contributed by atoms with van der Waals surface area (Å²) in [7, 11) is 0. The van der Waals surface area contributed by atoms with Gasteiger partial charge in [-0.2, -0.15) is 0 Å². The van der Waals surface area contributed by atoms with Crippen molar-refractivity contribution >= 4 is 22.7 Å². The molecule has 1 unspecified atom stereocenters. The molecule has 1 fully saturated rings. The van der Waals surface area contributed by atoms with E-state index in [9.17, 15) is 4.79 Å². The zero-order chi connectivity index (χ0) is 15.9. The fourth-order valence-corrected chi connectivity index (χ4v) is 2.46. The van der Waals surface area contributed by atoms with E-state index in [1.54, 1.807) is 0 Å². The average Bonchev–Trinajstić information content (AvgIpc) is 2.79. The third-order valence-corrected chi connectivity index (χ3v) is 4.23. The summed E-state index contributed by atoms with van der Waals surface area (Å²) in [5, 5.41) is 6.18. The van der Waals surface area contributed by atoms with Gasteiger partial charge in [-0.1, -0.05) is 27.7 Å². The predicted octanol–water partition coefficient (Wildman–Crippen LogP) is 2.92. The van der Waals surface area contributed by atoms with E-state index in [1.165, 1.54) is 0 Å². The number of aromatic nitrogens is 1. The zero-order valence-corrected chi connectivity index (χ0v) is 13.6. The Bertz CT molecular complexity index is 695. The lowest BCUT2D eigenvalue weighted by Crippen LogP contribution is -2.48. The highest BCUT2D eigenvalue weighted by atomic mass is 16.3. The van der Waals surface area contributed by atoms with Crippen molar-refractivity contribution in [2.75, 3.05) is 18.4 Å². The number of anilines is 1. The van der Waals surface area contributed by atoms with Crippen molar-refractivity contribution in [2.45, 2.75) is 33.1 Å². The van der Waals surface area contributed by atoms with Crippen LogP contribution in [0.5, 0.6) is 0 Å². The fraction of sp³-hybridized carbons (Fsp3) is 0.529. The molecule has 118 valence electrons. The van der Waals surface area contributed by atoms with E-state index in [0.717, 1.165) is 29.9 Å². The summed E-state index contributed by atoms with van der Waals surface area (Å²) < 4.78 is 5.77.